The van der Waals surface area contributed by atoms with Crippen LogP contribution < -0.4 is 5.32 Å². The Labute approximate surface area is 113 Å². The van der Waals surface area contributed by atoms with Gasteiger partial charge in [0.1, 0.15) is 5.75 Å². The first kappa shape index (κ1) is 14.5. The third-order valence-corrected chi connectivity index (χ3v) is 4.31. The fraction of sp³-hybridized carbons (Fsp3) is 0.833. The van der Waals surface area contributed by atoms with Crippen LogP contribution in [0.3, 0.4) is 0 Å². The van der Waals surface area contributed by atoms with Crippen LogP contribution in [0.15, 0.2) is 4.52 Å². The summed E-state index contributed by atoms with van der Waals surface area (Å²) in [5.74, 6) is 1.18. The molecule has 0 aliphatic heterocycles. The van der Waals surface area contributed by atoms with E-state index in [2.05, 4.69) is 22.4 Å². The van der Waals surface area contributed by atoms with Crippen molar-refractivity contribution in [2.45, 2.75) is 50.9 Å². The summed E-state index contributed by atoms with van der Waals surface area (Å²) in [4.78, 5) is 4.09. The zero-order valence-electron chi connectivity index (χ0n) is 11.4. The molecule has 1 aliphatic rings. The van der Waals surface area contributed by atoms with Gasteiger partial charge in [0, 0.05) is 12.3 Å². The van der Waals surface area contributed by atoms with Crippen LogP contribution in [0.4, 0.5) is 0 Å². The molecule has 7 heteroatoms. The molecule has 1 N–H and O–H groups in total. The maximum atomic E-state index is 11.1. The fourth-order valence-corrected chi connectivity index (χ4v) is 3.08. The Kier molecular flexibility index (Phi) is 4.57. The van der Waals surface area contributed by atoms with E-state index in [0.717, 1.165) is 6.26 Å². The Hall–Kier alpha value is -0.950. The molecule has 1 aliphatic carbocycles. The maximum Gasteiger partial charge on any atom is 0.240 e. The van der Waals surface area contributed by atoms with Crippen LogP contribution in [-0.4, -0.2) is 30.9 Å². The molecular weight excluding hydrogens is 266 g/mol. The van der Waals surface area contributed by atoms with Crippen molar-refractivity contribution in [3.05, 3.63) is 11.7 Å². The van der Waals surface area contributed by atoms with E-state index in [9.17, 15) is 8.42 Å². The van der Waals surface area contributed by atoms with Gasteiger partial charge in [-0.3, -0.25) is 0 Å². The molecule has 19 heavy (non-hydrogen) atoms. The number of nitrogens with zero attached hydrogens (tertiary/aromatic N) is 2. The Morgan fingerprint density at radius 1 is 1.37 bits per heavy atom. The van der Waals surface area contributed by atoms with Crippen LogP contribution in [0, 0.1) is 5.92 Å². The van der Waals surface area contributed by atoms with Gasteiger partial charge in [0.15, 0.2) is 15.7 Å². The third-order valence-electron chi connectivity index (χ3n) is 3.53. The first-order chi connectivity index (χ1) is 8.94. The zero-order chi connectivity index (χ0) is 13.9. The van der Waals surface area contributed by atoms with Gasteiger partial charge in [0.25, 0.3) is 0 Å². The molecular formula is C12H21N3O3S. The highest BCUT2D eigenvalue weighted by atomic mass is 32.2. The molecule has 1 aromatic heterocycles. The standard InChI is InChI=1S/C12H21N3O3S/c1-9-5-3-4-6-10(9)13-7-12-14-11(15-18-12)8-19(2,16)17/h9-10,13H,3-8H2,1-2H3/t9-,10-/m1/s1. The van der Waals surface area contributed by atoms with E-state index in [4.69, 9.17) is 4.52 Å². The molecule has 0 spiro atoms. The molecule has 108 valence electrons. The molecule has 0 amide bonds. The van der Waals surface area contributed by atoms with Gasteiger partial charge < -0.3 is 9.84 Å². The van der Waals surface area contributed by atoms with Crippen molar-refractivity contribution in [1.29, 1.82) is 0 Å². The first-order valence-corrected chi connectivity index (χ1v) is 8.72. The van der Waals surface area contributed by atoms with E-state index in [0.29, 0.717) is 24.4 Å². The van der Waals surface area contributed by atoms with Crippen molar-refractivity contribution >= 4 is 9.84 Å². The van der Waals surface area contributed by atoms with Crippen molar-refractivity contribution in [3.63, 3.8) is 0 Å². The first-order valence-electron chi connectivity index (χ1n) is 6.66. The van der Waals surface area contributed by atoms with Crippen molar-refractivity contribution in [1.82, 2.24) is 15.5 Å². The number of hydrogen-bond donors (Lipinski definition) is 1. The van der Waals surface area contributed by atoms with Gasteiger partial charge in [-0.05, 0) is 18.8 Å². The molecule has 1 heterocycles. The molecule has 0 bridgehead atoms. The minimum atomic E-state index is -3.11. The second kappa shape index (κ2) is 6.00. The lowest BCUT2D eigenvalue weighted by Gasteiger charge is -2.29. The lowest BCUT2D eigenvalue weighted by molar-refractivity contribution is 0.265. The summed E-state index contributed by atoms with van der Waals surface area (Å²) in [6, 6.07) is 0.485. The summed E-state index contributed by atoms with van der Waals surface area (Å²) in [6.07, 6.45) is 6.14. The highest BCUT2D eigenvalue weighted by Crippen LogP contribution is 2.23. The Bertz CT molecular complexity index is 512. The molecule has 0 aromatic carbocycles. The molecule has 1 fully saturated rings. The number of nitrogens with one attached hydrogen (secondary N) is 1. The normalized spacial score (nSPS) is 24.5. The number of rotatable bonds is 5. The van der Waals surface area contributed by atoms with Crippen LogP contribution in [-0.2, 0) is 22.1 Å². The summed E-state index contributed by atoms with van der Waals surface area (Å²) >= 11 is 0. The lowest BCUT2D eigenvalue weighted by atomic mass is 9.86. The smallest absolute Gasteiger partial charge is 0.240 e. The van der Waals surface area contributed by atoms with E-state index in [-0.39, 0.29) is 11.6 Å². The summed E-state index contributed by atoms with van der Waals surface area (Å²) in [5.41, 5.74) is 0. The Morgan fingerprint density at radius 2 is 2.11 bits per heavy atom. The van der Waals surface area contributed by atoms with Gasteiger partial charge in [-0.15, -0.1) is 0 Å². The molecule has 0 saturated heterocycles. The van der Waals surface area contributed by atoms with E-state index in [1.807, 2.05) is 0 Å². The zero-order valence-corrected chi connectivity index (χ0v) is 12.2. The van der Waals surface area contributed by atoms with E-state index in [1.165, 1.54) is 25.7 Å². The minimum absolute atomic E-state index is 0.170. The number of aromatic nitrogens is 2. The Balaban J connectivity index is 1.86. The number of sulfone groups is 1. The average Bonchev–Trinajstić information content (AvgIpc) is 2.73. The largest absolute Gasteiger partial charge is 0.338 e. The van der Waals surface area contributed by atoms with Crippen molar-refractivity contribution in [3.8, 4) is 0 Å². The summed E-state index contributed by atoms with van der Waals surface area (Å²) in [7, 11) is -3.11. The number of hydrogen-bond acceptors (Lipinski definition) is 6. The van der Waals surface area contributed by atoms with Gasteiger partial charge in [-0.25, -0.2) is 8.42 Å². The maximum absolute atomic E-state index is 11.1. The predicted octanol–water partition coefficient (Wildman–Crippen LogP) is 1.28. The third kappa shape index (κ3) is 4.58. The highest BCUT2D eigenvalue weighted by Gasteiger charge is 2.21. The molecule has 1 aromatic rings. The monoisotopic (exact) mass is 287 g/mol. The predicted molar refractivity (Wildman–Crippen MR) is 71.1 cm³/mol. The van der Waals surface area contributed by atoms with Crippen LogP contribution in [0.25, 0.3) is 0 Å². The lowest BCUT2D eigenvalue weighted by Crippen LogP contribution is -2.36. The summed E-state index contributed by atoms with van der Waals surface area (Å²) in [5, 5.41) is 7.10. The molecule has 0 unspecified atom stereocenters. The molecule has 2 rings (SSSR count). The molecule has 0 radical (unpaired) electrons. The highest BCUT2D eigenvalue weighted by molar-refractivity contribution is 7.89. The second-order valence-corrected chi connectivity index (χ2v) is 7.56. The minimum Gasteiger partial charge on any atom is -0.338 e. The van der Waals surface area contributed by atoms with Crippen molar-refractivity contribution < 1.29 is 12.9 Å². The van der Waals surface area contributed by atoms with Crippen molar-refractivity contribution in [2.75, 3.05) is 6.26 Å². The van der Waals surface area contributed by atoms with Crippen LogP contribution in [0.5, 0.6) is 0 Å². The van der Waals surface area contributed by atoms with Gasteiger partial charge in [-0.2, -0.15) is 4.98 Å². The fourth-order valence-electron chi connectivity index (χ4n) is 2.49. The van der Waals surface area contributed by atoms with Crippen molar-refractivity contribution in [2.24, 2.45) is 5.92 Å². The summed E-state index contributed by atoms with van der Waals surface area (Å²) in [6.45, 7) is 2.76. The van der Waals surface area contributed by atoms with Crippen LogP contribution >= 0.6 is 0 Å². The average molecular weight is 287 g/mol. The molecule has 2 atom stereocenters. The van der Waals surface area contributed by atoms with Crippen LogP contribution in [0.2, 0.25) is 0 Å². The van der Waals surface area contributed by atoms with E-state index in [1.54, 1.807) is 0 Å². The van der Waals surface area contributed by atoms with Gasteiger partial charge in [0.2, 0.25) is 5.89 Å². The van der Waals surface area contributed by atoms with Gasteiger partial charge in [0.05, 0.1) is 6.54 Å². The second-order valence-electron chi connectivity index (χ2n) is 5.42. The molecule has 6 nitrogen and oxygen atoms in total. The van der Waals surface area contributed by atoms with Gasteiger partial charge in [-0.1, -0.05) is 24.9 Å². The topological polar surface area (TPSA) is 85.1 Å². The molecule has 1 saturated carbocycles. The quantitative estimate of drug-likeness (QED) is 0.878. The Morgan fingerprint density at radius 3 is 2.79 bits per heavy atom. The summed E-state index contributed by atoms with van der Waals surface area (Å²) < 4.78 is 27.3. The SMILES string of the molecule is C[C@@H]1CCCC[C@H]1NCc1nc(CS(C)(=O)=O)no1. The van der Waals surface area contributed by atoms with Gasteiger partial charge >= 0.3 is 0 Å². The van der Waals surface area contributed by atoms with Crippen LogP contribution in [0.1, 0.15) is 44.3 Å². The van der Waals surface area contributed by atoms with E-state index >= 15 is 0 Å². The van der Waals surface area contributed by atoms with E-state index < -0.39 is 9.84 Å².